The second kappa shape index (κ2) is 14.2. The van der Waals surface area contributed by atoms with Crippen molar-refractivity contribution in [1.29, 1.82) is 0 Å². The normalized spacial score (nSPS) is 25.8. The predicted octanol–water partition coefficient (Wildman–Crippen LogP) is 2.17. The van der Waals surface area contributed by atoms with Crippen molar-refractivity contribution in [2.45, 2.75) is 63.3 Å². The highest BCUT2D eigenvalue weighted by Gasteiger charge is 2.35. The highest BCUT2D eigenvalue weighted by molar-refractivity contribution is 6.66. The van der Waals surface area contributed by atoms with Crippen molar-refractivity contribution in [2.75, 3.05) is 54.2 Å². The minimum Gasteiger partial charge on any atom is -0.398 e. The van der Waals surface area contributed by atoms with E-state index in [1.54, 1.807) is 21.3 Å². The van der Waals surface area contributed by atoms with Gasteiger partial charge in [-0.2, -0.15) is 0 Å². The standard InChI is InChI=1S/C18H41NO5Si2/c1-6-7-12-23-16-17-15-19(10-8-13-25-18(20-2)21-3)11-9-14-26(5,22-4)24-17/h17-18H,6-16,25H2,1-5H3. The van der Waals surface area contributed by atoms with Crippen LogP contribution in [0.3, 0.4) is 0 Å². The van der Waals surface area contributed by atoms with Crippen LogP contribution in [0.25, 0.3) is 0 Å². The van der Waals surface area contributed by atoms with Gasteiger partial charge in [0.05, 0.1) is 22.2 Å². The highest BCUT2D eigenvalue weighted by Crippen LogP contribution is 2.21. The van der Waals surface area contributed by atoms with Gasteiger partial charge in [0.25, 0.3) is 0 Å². The molecule has 1 saturated heterocycles. The first-order valence-corrected chi connectivity index (χ1v) is 14.5. The Balaban J connectivity index is 2.45. The third-order valence-corrected chi connectivity index (χ3v) is 10.1. The van der Waals surface area contributed by atoms with E-state index in [1.807, 2.05) is 0 Å². The summed E-state index contributed by atoms with van der Waals surface area (Å²) in [6.07, 6.45) is 4.75. The van der Waals surface area contributed by atoms with Gasteiger partial charge in [-0.1, -0.05) is 19.4 Å². The maximum Gasteiger partial charge on any atom is 0.335 e. The second-order valence-corrected chi connectivity index (χ2v) is 12.7. The molecule has 0 N–H and O–H groups in total. The van der Waals surface area contributed by atoms with Crippen molar-refractivity contribution in [3.8, 4) is 0 Å². The zero-order valence-corrected chi connectivity index (χ0v) is 20.0. The van der Waals surface area contributed by atoms with Gasteiger partial charge in [-0.25, -0.2) is 0 Å². The summed E-state index contributed by atoms with van der Waals surface area (Å²) in [7, 11) is 2.88. The first-order chi connectivity index (χ1) is 12.6. The molecular weight excluding hydrogens is 366 g/mol. The Kier molecular flexibility index (Phi) is 13.3. The summed E-state index contributed by atoms with van der Waals surface area (Å²) in [6.45, 7) is 9.05. The lowest BCUT2D eigenvalue weighted by Crippen LogP contribution is -2.50. The first-order valence-electron chi connectivity index (χ1n) is 10.2. The summed E-state index contributed by atoms with van der Waals surface area (Å²) in [4.78, 5) is 2.54. The molecule has 0 saturated carbocycles. The summed E-state index contributed by atoms with van der Waals surface area (Å²) < 4.78 is 28.7. The summed E-state index contributed by atoms with van der Waals surface area (Å²) in [5.74, 6) is 0.0544. The van der Waals surface area contributed by atoms with E-state index in [0.717, 1.165) is 51.5 Å². The van der Waals surface area contributed by atoms with Crippen LogP contribution >= 0.6 is 0 Å². The van der Waals surface area contributed by atoms with E-state index in [4.69, 9.17) is 23.1 Å². The van der Waals surface area contributed by atoms with Gasteiger partial charge in [0, 0.05) is 34.5 Å². The van der Waals surface area contributed by atoms with Gasteiger partial charge in [-0.15, -0.1) is 0 Å². The van der Waals surface area contributed by atoms with Crippen LogP contribution in [0.1, 0.15) is 32.6 Å². The quantitative estimate of drug-likeness (QED) is 0.265. The first kappa shape index (κ1) is 24.2. The Bertz CT molecular complexity index is 350. The fourth-order valence-corrected chi connectivity index (χ4v) is 6.71. The average molecular weight is 408 g/mol. The maximum absolute atomic E-state index is 6.44. The van der Waals surface area contributed by atoms with Gasteiger partial charge in [0.1, 0.15) is 5.91 Å². The molecule has 2 atom stereocenters. The number of nitrogens with zero attached hydrogens (tertiary/aromatic N) is 1. The SMILES string of the molecule is CCCCOCC1CN(CCC[SiH2]C(OC)OC)CCC[Si](C)(OC)O1. The van der Waals surface area contributed by atoms with E-state index >= 15 is 0 Å². The molecule has 0 aromatic heterocycles. The molecule has 1 heterocycles. The Morgan fingerprint density at radius 3 is 2.65 bits per heavy atom. The molecule has 26 heavy (non-hydrogen) atoms. The third kappa shape index (κ3) is 9.94. The van der Waals surface area contributed by atoms with Gasteiger partial charge < -0.3 is 28.0 Å². The number of ether oxygens (including phenoxy) is 3. The Hall–Kier alpha value is 0.194. The molecule has 0 bridgehead atoms. The molecule has 0 aromatic rings. The Morgan fingerprint density at radius 1 is 1.23 bits per heavy atom. The van der Waals surface area contributed by atoms with Crippen LogP contribution in [-0.2, 0) is 23.1 Å². The van der Waals surface area contributed by atoms with E-state index in [1.165, 1.54) is 12.5 Å². The number of unbranched alkanes of at least 4 members (excludes halogenated alkanes) is 1. The molecule has 0 radical (unpaired) electrons. The second-order valence-electron chi connectivity index (χ2n) is 7.31. The molecule has 1 aliphatic rings. The van der Waals surface area contributed by atoms with Crippen LogP contribution in [0.15, 0.2) is 0 Å². The molecule has 0 spiro atoms. The largest absolute Gasteiger partial charge is 0.398 e. The molecule has 1 rings (SSSR count). The summed E-state index contributed by atoms with van der Waals surface area (Å²) in [5, 5.41) is 0. The van der Waals surface area contributed by atoms with Crippen LogP contribution in [0.5, 0.6) is 0 Å². The van der Waals surface area contributed by atoms with Gasteiger partial charge in [0.2, 0.25) is 0 Å². The number of hydrogen-bond acceptors (Lipinski definition) is 6. The average Bonchev–Trinajstić information content (AvgIpc) is 2.63. The lowest BCUT2D eigenvalue weighted by Gasteiger charge is -2.37. The Labute approximate surface area is 163 Å². The smallest absolute Gasteiger partial charge is 0.335 e. The number of methoxy groups -OCH3 is 2. The van der Waals surface area contributed by atoms with Gasteiger partial charge in [-0.3, -0.25) is 0 Å². The summed E-state index contributed by atoms with van der Waals surface area (Å²) in [5.41, 5.74) is 0. The Morgan fingerprint density at radius 2 is 2.00 bits per heavy atom. The van der Waals surface area contributed by atoms with Crippen molar-refractivity contribution in [3.05, 3.63) is 0 Å². The third-order valence-electron chi connectivity index (χ3n) is 5.05. The van der Waals surface area contributed by atoms with Gasteiger partial charge in [-0.05, 0) is 44.9 Å². The molecule has 6 nitrogen and oxygen atoms in total. The van der Waals surface area contributed by atoms with Gasteiger partial charge in [0.15, 0.2) is 0 Å². The number of rotatable bonds is 13. The van der Waals surface area contributed by atoms with E-state index in [0.29, 0.717) is 6.61 Å². The molecular formula is C18H41NO5Si2. The van der Waals surface area contributed by atoms with Gasteiger partial charge >= 0.3 is 8.56 Å². The molecule has 8 heteroatoms. The van der Waals surface area contributed by atoms with Crippen molar-refractivity contribution < 1.29 is 23.1 Å². The van der Waals surface area contributed by atoms with Crippen LogP contribution in [0.4, 0.5) is 0 Å². The van der Waals surface area contributed by atoms with E-state index in [-0.39, 0.29) is 21.5 Å². The minimum absolute atomic E-state index is 0.0544. The zero-order valence-electron chi connectivity index (χ0n) is 17.6. The lowest BCUT2D eigenvalue weighted by atomic mass is 10.3. The fraction of sp³-hybridized carbons (Fsp3) is 1.00. The zero-order chi connectivity index (χ0) is 19.3. The van der Waals surface area contributed by atoms with Crippen molar-refractivity contribution in [3.63, 3.8) is 0 Å². The minimum atomic E-state index is -2.05. The van der Waals surface area contributed by atoms with Crippen molar-refractivity contribution >= 4 is 18.1 Å². The summed E-state index contributed by atoms with van der Waals surface area (Å²) >= 11 is 0. The van der Waals surface area contributed by atoms with Crippen LogP contribution in [-0.4, -0.2) is 89.2 Å². The molecule has 2 unspecified atom stereocenters. The van der Waals surface area contributed by atoms with Crippen LogP contribution in [0.2, 0.25) is 18.6 Å². The lowest BCUT2D eigenvalue weighted by molar-refractivity contribution is -0.0441. The highest BCUT2D eigenvalue weighted by atomic mass is 28.4. The maximum atomic E-state index is 6.44. The van der Waals surface area contributed by atoms with Crippen LogP contribution in [0, 0.1) is 0 Å². The van der Waals surface area contributed by atoms with E-state index in [9.17, 15) is 0 Å². The molecule has 0 amide bonds. The molecule has 1 aliphatic heterocycles. The van der Waals surface area contributed by atoms with Crippen LogP contribution < -0.4 is 0 Å². The topological polar surface area (TPSA) is 49.4 Å². The molecule has 156 valence electrons. The molecule has 0 aliphatic carbocycles. The van der Waals surface area contributed by atoms with E-state index < -0.39 is 8.56 Å². The van der Waals surface area contributed by atoms with Crippen molar-refractivity contribution in [1.82, 2.24) is 4.90 Å². The number of hydrogen-bond donors (Lipinski definition) is 0. The monoisotopic (exact) mass is 407 g/mol. The molecule has 0 aromatic carbocycles. The van der Waals surface area contributed by atoms with E-state index in [2.05, 4.69) is 18.4 Å². The van der Waals surface area contributed by atoms with Crippen molar-refractivity contribution in [2.24, 2.45) is 0 Å². The predicted molar refractivity (Wildman–Crippen MR) is 111 cm³/mol. The summed E-state index contributed by atoms with van der Waals surface area (Å²) in [6, 6.07) is 2.29. The molecule has 1 fully saturated rings. The fourth-order valence-electron chi connectivity index (χ4n) is 3.33.